The fraction of sp³-hybridized carbons (Fsp3) is 0.200. The van der Waals surface area contributed by atoms with Crippen LogP contribution in [-0.4, -0.2) is 10.9 Å². The summed E-state index contributed by atoms with van der Waals surface area (Å²) in [6.07, 6.45) is -2.43. The van der Waals surface area contributed by atoms with Gasteiger partial charge in [0, 0.05) is 10.9 Å². The summed E-state index contributed by atoms with van der Waals surface area (Å²) in [6.45, 7) is 1.83. The standard InChI is InChI=1S/C15H10ClF3N2O2S/c1-7-2-3-9-8(6-23-13(9)12(7)16)4-11(22)21-14-20-5-10(24-14)15(17,18)19/h2-3,5-6H,4H2,1H3,(H,20,21,22). The molecule has 126 valence electrons. The number of furan rings is 1. The van der Waals surface area contributed by atoms with Crippen LogP contribution in [0.4, 0.5) is 18.3 Å². The van der Waals surface area contributed by atoms with E-state index in [2.05, 4.69) is 10.3 Å². The second-order valence-corrected chi connectivity index (χ2v) is 6.50. The van der Waals surface area contributed by atoms with Gasteiger partial charge >= 0.3 is 6.18 Å². The van der Waals surface area contributed by atoms with Gasteiger partial charge in [-0.2, -0.15) is 13.2 Å². The number of benzene rings is 1. The van der Waals surface area contributed by atoms with E-state index in [1.165, 1.54) is 6.26 Å². The van der Waals surface area contributed by atoms with Gasteiger partial charge in [0.2, 0.25) is 5.91 Å². The quantitative estimate of drug-likeness (QED) is 0.697. The number of nitrogens with zero attached hydrogens (tertiary/aromatic N) is 1. The summed E-state index contributed by atoms with van der Waals surface area (Å²) in [5.74, 6) is -0.488. The number of aryl methyl sites for hydroxylation is 1. The summed E-state index contributed by atoms with van der Waals surface area (Å²) in [7, 11) is 0. The van der Waals surface area contributed by atoms with Crippen molar-refractivity contribution in [1.29, 1.82) is 0 Å². The number of thiazole rings is 1. The van der Waals surface area contributed by atoms with E-state index in [9.17, 15) is 18.0 Å². The Kier molecular flexibility index (Phi) is 4.27. The van der Waals surface area contributed by atoms with E-state index in [4.69, 9.17) is 16.0 Å². The Bertz CT molecular complexity index is 917. The van der Waals surface area contributed by atoms with Crippen LogP contribution < -0.4 is 5.32 Å². The number of amides is 1. The molecule has 3 rings (SSSR count). The van der Waals surface area contributed by atoms with Crippen LogP contribution in [0.25, 0.3) is 11.0 Å². The van der Waals surface area contributed by atoms with E-state index in [-0.39, 0.29) is 11.6 Å². The van der Waals surface area contributed by atoms with Crippen LogP contribution >= 0.6 is 22.9 Å². The topological polar surface area (TPSA) is 55.1 Å². The number of rotatable bonds is 3. The first-order valence-corrected chi connectivity index (χ1v) is 7.93. The zero-order valence-electron chi connectivity index (χ0n) is 12.2. The average Bonchev–Trinajstić information content (AvgIpc) is 3.10. The summed E-state index contributed by atoms with van der Waals surface area (Å²) >= 11 is 6.52. The summed E-state index contributed by atoms with van der Waals surface area (Å²) in [4.78, 5) is 14.7. The molecule has 2 heterocycles. The van der Waals surface area contributed by atoms with Gasteiger partial charge in [0.1, 0.15) is 4.88 Å². The molecule has 0 saturated heterocycles. The lowest BCUT2D eigenvalue weighted by Crippen LogP contribution is -2.13. The summed E-state index contributed by atoms with van der Waals surface area (Å²) < 4.78 is 43.0. The van der Waals surface area contributed by atoms with Crippen molar-refractivity contribution in [2.75, 3.05) is 5.32 Å². The van der Waals surface area contributed by atoms with Crippen LogP contribution in [0.2, 0.25) is 5.02 Å². The first-order chi connectivity index (χ1) is 11.3. The molecule has 0 bridgehead atoms. The molecule has 9 heteroatoms. The highest BCUT2D eigenvalue weighted by Gasteiger charge is 2.33. The summed E-state index contributed by atoms with van der Waals surface area (Å²) in [5.41, 5.74) is 1.92. The van der Waals surface area contributed by atoms with E-state index < -0.39 is 17.0 Å². The molecule has 1 aromatic carbocycles. The molecule has 4 nitrogen and oxygen atoms in total. The molecular formula is C15H10ClF3N2O2S. The van der Waals surface area contributed by atoms with Crippen molar-refractivity contribution in [3.8, 4) is 0 Å². The molecule has 0 unspecified atom stereocenters. The van der Waals surface area contributed by atoms with Crippen LogP contribution in [0, 0.1) is 6.92 Å². The van der Waals surface area contributed by atoms with Gasteiger partial charge in [0.05, 0.1) is 23.9 Å². The molecule has 1 amide bonds. The zero-order valence-corrected chi connectivity index (χ0v) is 13.8. The Morgan fingerprint density at radius 1 is 1.42 bits per heavy atom. The molecule has 2 aromatic heterocycles. The van der Waals surface area contributed by atoms with E-state index in [1.807, 2.05) is 6.92 Å². The van der Waals surface area contributed by atoms with E-state index in [0.717, 1.165) is 5.56 Å². The second-order valence-electron chi connectivity index (χ2n) is 5.09. The number of aromatic nitrogens is 1. The zero-order chi connectivity index (χ0) is 17.5. The Balaban J connectivity index is 1.76. The number of nitrogens with one attached hydrogen (secondary N) is 1. The minimum atomic E-state index is -4.48. The molecule has 1 N–H and O–H groups in total. The van der Waals surface area contributed by atoms with Gasteiger partial charge in [-0.25, -0.2) is 4.98 Å². The third kappa shape index (κ3) is 3.25. The summed E-state index contributed by atoms with van der Waals surface area (Å²) in [5, 5.41) is 3.41. The number of halogens is 4. The van der Waals surface area contributed by atoms with Gasteiger partial charge in [-0.3, -0.25) is 4.79 Å². The Morgan fingerprint density at radius 2 is 2.17 bits per heavy atom. The number of hydrogen-bond acceptors (Lipinski definition) is 4. The molecule has 0 saturated carbocycles. The van der Waals surface area contributed by atoms with Crippen molar-refractivity contribution >= 4 is 44.9 Å². The van der Waals surface area contributed by atoms with Gasteiger partial charge in [-0.15, -0.1) is 0 Å². The monoisotopic (exact) mass is 374 g/mol. The third-order valence-electron chi connectivity index (χ3n) is 3.34. The number of anilines is 1. The van der Waals surface area contributed by atoms with Crippen molar-refractivity contribution in [3.63, 3.8) is 0 Å². The minimum Gasteiger partial charge on any atom is -0.462 e. The minimum absolute atomic E-state index is 0.0622. The van der Waals surface area contributed by atoms with Crippen molar-refractivity contribution < 1.29 is 22.4 Å². The molecule has 0 atom stereocenters. The fourth-order valence-electron chi connectivity index (χ4n) is 2.15. The Hall–Kier alpha value is -2.06. The number of alkyl halides is 3. The van der Waals surface area contributed by atoms with Gasteiger partial charge < -0.3 is 9.73 Å². The lowest BCUT2D eigenvalue weighted by molar-refractivity contribution is -0.134. The first kappa shape index (κ1) is 16.8. The molecule has 0 aliphatic carbocycles. The van der Waals surface area contributed by atoms with Crippen LogP contribution in [-0.2, 0) is 17.4 Å². The van der Waals surface area contributed by atoms with Crippen molar-refractivity contribution in [1.82, 2.24) is 4.98 Å². The normalized spacial score (nSPS) is 11.9. The highest BCUT2D eigenvalue weighted by atomic mass is 35.5. The maximum atomic E-state index is 12.5. The van der Waals surface area contributed by atoms with Crippen LogP contribution in [0.3, 0.4) is 0 Å². The van der Waals surface area contributed by atoms with Gasteiger partial charge in [-0.1, -0.05) is 35.1 Å². The van der Waals surface area contributed by atoms with Crippen LogP contribution in [0.15, 0.2) is 29.0 Å². The third-order valence-corrected chi connectivity index (χ3v) is 4.76. The number of fused-ring (bicyclic) bond motifs is 1. The maximum absolute atomic E-state index is 12.5. The summed E-state index contributed by atoms with van der Waals surface area (Å²) in [6, 6.07) is 3.59. The molecule has 3 aromatic rings. The molecule has 0 spiro atoms. The van der Waals surface area contributed by atoms with E-state index in [0.29, 0.717) is 39.1 Å². The van der Waals surface area contributed by atoms with Gasteiger partial charge in [0.15, 0.2) is 10.7 Å². The Labute approximate surface area is 143 Å². The van der Waals surface area contributed by atoms with Crippen LogP contribution in [0.5, 0.6) is 0 Å². The fourth-order valence-corrected chi connectivity index (χ4v) is 3.06. The SMILES string of the molecule is Cc1ccc2c(CC(=O)Nc3ncc(C(F)(F)F)s3)coc2c1Cl. The molecule has 0 aliphatic heterocycles. The lowest BCUT2D eigenvalue weighted by Gasteiger charge is -2.02. The predicted octanol–water partition coefficient (Wildman–Crippen LogP) is 5.05. The average molecular weight is 375 g/mol. The predicted molar refractivity (Wildman–Crippen MR) is 85.4 cm³/mol. The smallest absolute Gasteiger partial charge is 0.427 e. The van der Waals surface area contributed by atoms with Crippen molar-refractivity contribution in [3.05, 3.63) is 45.6 Å². The van der Waals surface area contributed by atoms with Crippen molar-refractivity contribution in [2.45, 2.75) is 19.5 Å². The highest BCUT2D eigenvalue weighted by molar-refractivity contribution is 7.15. The molecule has 0 aliphatic rings. The van der Waals surface area contributed by atoms with Gasteiger partial charge in [-0.05, 0) is 12.5 Å². The first-order valence-electron chi connectivity index (χ1n) is 6.74. The second kappa shape index (κ2) is 6.10. The maximum Gasteiger partial charge on any atom is 0.427 e. The highest BCUT2D eigenvalue weighted by Crippen LogP contribution is 2.35. The number of hydrogen-bond donors (Lipinski definition) is 1. The van der Waals surface area contributed by atoms with Crippen molar-refractivity contribution in [2.24, 2.45) is 0 Å². The molecule has 0 fully saturated rings. The van der Waals surface area contributed by atoms with E-state index in [1.54, 1.807) is 12.1 Å². The number of carbonyl (C=O) groups is 1. The Morgan fingerprint density at radius 3 is 2.83 bits per heavy atom. The molecule has 0 radical (unpaired) electrons. The van der Waals surface area contributed by atoms with Crippen LogP contribution in [0.1, 0.15) is 16.0 Å². The number of carbonyl (C=O) groups excluding carboxylic acids is 1. The van der Waals surface area contributed by atoms with E-state index >= 15 is 0 Å². The largest absolute Gasteiger partial charge is 0.462 e. The lowest BCUT2D eigenvalue weighted by atomic mass is 10.1. The molecule has 24 heavy (non-hydrogen) atoms. The molecular weight excluding hydrogens is 365 g/mol. The van der Waals surface area contributed by atoms with Gasteiger partial charge in [0.25, 0.3) is 0 Å².